The Morgan fingerprint density at radius 2 is 1.80 bits per heavy atom. The molecule has 0 unspecified atom stereocenters. The number of amides is 1. The predicted molar refractivity (Wildman–Crippen MR) is 101 cm³/mol. The van der Waals surface area contributed by atoms with Gasteiger partial charge in [0.05, 0.1) is 0 Å². The first kappa shape index (κ1) is 17.0. The molecule has 0 spiro atoms. The summed E-state index contributed by atoms with van der Waals surface area (Å²) in [5.41, 5.74) is 3.72. The molecule has 4 heteroatoms. The molecule has 25 heavy (non-hydrogen) atoms. The molecule has 0 radical (unpaired) electrons. The Morgan fingerprint density at radius 3 is 2.60 bits per heavy atom. The van der Waals surface area contributed by atoms with Gasteiger partial charge in [-0.2, -0.15) is 0 Å². The molecule has 4 nitrogen and oxygen atoms in total. The molecule has 1 aromatic heterocycles. The van der Waals surface area contributed by atoms with Crippen molar-refractivity contribution in [1.82, 2.24) is 10.3 Å². The van der Waals surface area contributed by atoms with Crippen molar-refractivity contribution in [1.29, 1.82) is 0 Å². The largest absolute Gasteiger partial charge is 0.356 e. The van der Waals surface area contributed by atoms with Crippen molar-refractivity contribution in [2.45, 2.75) is 26.2 Å². The van der Waals surface area contributed by atoms with Crippen molar-refractivity contribution in [2.24, 2.45) is 0 Å². The van der Waals surface area contributed by atoms with Gasteiger partial charge in [-0.15, -0.1) is 0 Å². The molecule has 2 aromatic carbocycles. The van der Waals surface area contributed by atoms with E-state index < -0.39 is 0 Å². The van der Waals surface area contributed by atoms with Crippen LogP contribution in [0.25, 0.3) is 10.9 Å². The van der Waals surface area contributed by atoms with Crippen LogP contribution < -0.4 is 10.9 Å². The number of pyridine rings is 1. The number of H-pyrrole nitrogens is 1. The zero-order valence-electron chi connectivity index (χ0n) is 14.3. The summed E-state index contributed by atoms with van der Waals surface area (Å²) in [6, 6.07) is 17.9. The highest BCUT2D eigenvalue weighted by Gasteiger charge is 2.04. The Bertz CT molecular complexity index is 930. The number of fused-ring (bicyclic) bond motifs is 1. The maximum atomic E-state index is 12.0. The summed E-state index contributed by atoms with van der Waals surface area (Å²) >= 11 is 0. The van der Waals surface area contributed by atoms with Gasteiger partial charge in [-0.05, 0) is 48.4 Å². The second-order valence-electron chi connectivity index (χ2n) is 6.29. The van der Waals surface area contributed by atoms with Crippen LogP contribution in [-0.2, 0) is 17.6 Å². The first-order chi connectivity index (χ1) is 12.1. The van der Waals surface area contributed by atoms with E-state index in [1.807, 2.05) is 42.5 Å². The lowest BCUT2D eigenvalue weighted by atomic mass is 10.1. The van der Waals surface area contributed by atoms with Gasteiger partial charge in [0.2, 0.25) is 5.91 Å². The van der Waals surface area contributed by atoms with Crippen molar-refractivity contribution < 1.29 is 4.79 Å². The smallest absolute Gasteiger partial charge is 0.251 e. The number of aryl methyl sites for hydroxylation is 2. The maximum Gasteiger partial charge on any atom is 0.251 e. The minimum absolute atomic E-state index is 0.0495. The van der Waals surface area contributed by atoms with Gasteiger partial charge in [-0.25, -0.2) is 0 Å². The van der Waals surface area contributed by atoms with E-state index in [0.717, 1.165) is 22.9 Å². The minimum Gasteiger partial charge on any atom is -0.356 e. The minimum atomic E-state index is -0.0664. The summed E-state index contributed by atoms with van der Waals surface area (Å²) in [5, 5.41) is 3.97. The summed E-state index contributed by atoms with van der Waals surface area (Å²) in [4.78, 5) is 26.6. The van der Waals surface area contributed by atoms with E-state index in [1.165, 1.54) is 5.56 Å². The Kier molecular flexibility index (Phi) is 5.29. The molecule has 0 bridgehead atoms. The molecular formula is C21H22N2O2. The predicted octanol–water partition coefficient (Wildman–Crippen LogP) is 3.13. The van der Waals surface area contributed by atoms with Crippen molar-refractivity contribution in [3.63, 3.8) is 0 Å². The second-order valence-corrected chi connectivity index (χ2v) is 6.29. The fourth-order valence-corrected chi connectivity index (χ4v) is 2.85. The number of nitrogens with one attached hydrogen (secondary N) is 2. The van der Waals surface area contributed by atoms with Crippen LogP contribution in [0.15, 0.2) is 59.4 Å². The van der Waals surface area contributed by atoms with Crippen molar-refractivity contribution >= 4 is 16.8 Å². The van der Waals surface area contributed by atoms with Gasteiger partial charge in [0.1, 0.15) is 0 Å². The van der Waals surface area contributed by atoms with Gasteiger partial charge < -0.3 is 10.3 Å². The molecule has 0 aliphatic heterocycles. The first-order valence-electron chi connectivity index (χ1n) is 8.55. The maximum absolute atomic E-state index is 12.0. The van der Waals surface area contributed by atoms with Crippen LogP contribution in [0.3, 0.4) is 0 Å². The Hall–Kier alpha value is -2.88. The molecule has 0 atom stereocenters. The van der Waals surface area contributed by atoms with E-state index in [1.54, 1.807) is 6.92 Å². The molecule has 1 amide bonds. The van der Waals surface area contributed by atoms with Gasteiger partial charge >= 0.3 is 0 Å². The van der Waals surface area contributed by atoms with Crippen LogP contribution in [0.4, 0.5) is 0 Å². The van der Waals surface area contributed by atoms with E-state index in [0.29, 0.717) is 24.9 Å². The molecule has 0 saturated carbocycles. The van der Waals surface area contributed by atoms with Gasteiger partial charge in [-0.1, -0.05) is 42.5 Å². The number of rotatable bonds is 6. The van der Waals surface area contributed by atoms with E-state index in [2.05, 4.69) is 22.4 Å². The summed E-state index contributed by atoms with van der Waals surface area (Å²) in [5.74, 6) is 0.0495. The summed E-state index contributed by atoms with van der Waals surface area (Å²) in [7, 11) is 0. The van der Waals surface area contributed by atoms with Crippen molar-refractivity contribution in [3.8, 4) is 0 Å². The highest BCUT2D eigenvalue weighted by molar-refractivity contribution is 5.80. The van der Waals surface area contributed by atoms with Crippen LogP contribution in [0, 0.1) is 6.92 Å². The second kappa shape index (κ2) is 7.79. The Morgan fingerprint density at radius 1 is 1.00 bits per heavy atom. The zero-order chi connectivity index (χ0) is 17.6. The number of benzene rings is 2. The lowest BCUT2D eigenvalue weighted by Gasteiger charge is -2.07. The number of aromatic nitrogens is 1. The number of carbonyl (C=O) groups is 1. The van der Waals surface area contributed by atoms with E-state index >= 15 is 0 Å². The van der Waals surface area contributed by atoms with E-state index in [-0.39, 0.29) is 11.5 Å². The highest BCUT2D eigenvalue weighted by atomic mass is 16.1. The van der Waals surface area contributed by atoms with E-state index in [9.17, 15) is 9.59 Å². The molecule has 0 aliphatic carbocycles. The molecule has 3 aromatic rings. The summed E-state index contributed by atoms with van der Waals surface area (Å²) in [6.07, 6.45) is 1.93. The van der Waals surface area contributed by atoms with Gasteiger partial charge in [-0.3, -0.25) is 9.59 Å². The third kappa shape index (κ3) is 4.57. The Labute approximate surface area is 146 Å². The van der Waals surface area contributed by atoms with Gasteiger partial charge in [0.25, 0.3) is 5.56 Å². The van der Waals surface area contributed by atoms with Crippen LogP contribution in [0.1, 0.15) is 23.1 Å². The molecule has 0 fully saturated rings. The molecular weight excluding hydrogens is 312 g/mol. The van der Waals surface area contributed by atoms with Crippen LogP contribution in [0.2, 0.25) is 0 Å². The topological polar surface area (TPSA) is 62.0 Å². The molecule has 0 saturated heterocycles. The number of aromatic amines is 1. The normalized spacial score (nSPS) is 10.8. The fraction of sp³-hybridized carbons (Fsp3) is 0.238. The average Bonchev–Trinajstić information content (AvgIpc) is 2.62. The van der Waals surface area contributed by atoms with Crippen LogP contribution in [0.5, 0.6) is 0 Å². The van der Waals surface area contributed by atoms with Gasteiger partial charge in [0, 0.05) is 24.0 Å². The third-order valence-corrected chi connectivity index (χ3v) is 4.32. The van der Waals surface area contributed by atoms with Crippen molar-refractivity contribution in [3.05, 3.63) is 81.6 Å². The molecule has 2 N–H and O–H groups in total. The third-order valence-electron chi connectivity index (χ3n) is 4.32. The monoisotopic (exact) mass is 334 g/mol. The number of hydrogen-bond acceptors (Lipinski definition) is 2. The first-order valence-corrected chi connectivity index (χ1v) is 8.55. The molecule has 3 rings (SSSR count). The van der Waals surface area contributed by atoms with E-state index in [4.69, 9.17) is 0 Å². The van der Waals surface area contributed by atoms with Crippen LogP contribution in [-0.4, -0.2) is 17.4 Å². The average molecular weight is 334 g/mol. The fourth-order valence-electron chi connectivity index (χ4n) is 2.85. The Balaban J connectivity index is 1.52. The molecule has 1 heterocycles. The van der Waals surface area contributed by atoms with Gasteiger partial charge in [0.15, 0.2) is 0 Å². The lowest BCUT2D eigenvalue weighted by Crippen LogP contribution is -2.25. The SMILES string of the molecule is Cc1cc2ccc(CCC(=O)NCCc3ccccc3)cc2[nH]c1=O. The van der Waals surface area contributed by atoms with Crippen molar-refractivity contribution in [2.75, 3.05) is 6.54 Å². The number of carbonyl (C=O) groups excluding carboxylic acids is 1. The highest BCUT2D eigenvalue weighted by Crippen LogP contribution is 2.14. The standard InChI is InChI=1S/C21H22N2O2/c1-15-13-18-9-7-17(14-19(18)23-21(15)25)8-10-20(24)22-12-11-16-5-3-2-4-6-16/h2-7,9,13-14H,8,10-12H2,1H3,(H,22,24)(H,23,25). The summed E-state index contributed by atoms with van der Waals surface area (Å²) < 4.78 is 0. The quantitative estimate of drug-likeness (QED) is 0.727. The zero-order valence-corrected chi connectivity index (χ0v) is 14.3. The molecule has 128 valence electrons. The van der Waals surface area contributed by atoms with Crippen LogP contribution >= 0.6 is 0 Å². The number of hydrogen-bond donors (Lipinski definition) is 2. The molecule has 0 aliphatic rings. The summed E-state index contributed by atoms with van der Waals surface area (Å²) in [6.45, 7) is 2.44. The lowest BCUT2D eigenvalue weighted by molar-refractivity contribution is -0.121.